The molecule has 0 saturated heterocycles. The highest BCUT2D eigenvalue weighted by molar-refractivity contribution is 9.10. The van der Waals surface area contributed by atoms with E-state index in [2.05, 4.69) is 51.9 Å². The molecule has 1 aromatic carbocycles. The van der Waals surface area contributed by atoms with Crippen molar-refractivity contribution in [3.63, 3.8) is 0 Å². The number of allylic oxidation sites excluding steroid dienone is 1. The maximum Gasteiger partial charge on any atom is 0.0457 e. The summed E-state index contributed by atoms with van der Waals surface area (Å²) >= 11 is 3.49. The van der Waals surface area contributed by atoms with E-state index in [-0.39, 0.29) is 0 Å². The number of H-pyrrole nitrogens is 1. The Morgan fingerprint density at radius 1 is 1.43 bits per heavy atom. The Balaban J connectivity index is 2.44. The molecule has 0 spiro atoms. The van der Waals surface area contributed by atoms with E-state index < -0.39 is 0 Å². The Hall–Kier alpha value is -1.02. The Morgan fingerprint density at radius 3 is 3.07 bits per heavy atom. The van der Waals surface area contributed by atoms with Crippen LogP contribution in [0.2, 0.25) is 0 Å². The van der Waals surface area contributed by atoms with Gasteiger partial charge in [0.1, 0.15) is 0 Å². The molecular weight excluding hydrogens is 238 g/mol. The lowest BCUT2D eigenvalue weighted by Crippen LogP contribution is -1.79. The zero-order valence-electron chi connectivity index (χ0n) is 7.89. The van der Waals surface area contributed by atoms with Crippen LogP contribution in [-0.4, -0.2) is 4.98 Å². The number of hydrogen-bond acceptors (Lipinski definition) is 0. The van der Waals surface area contributed by atoms with E-state index in [1.54, 1.807) is 0 Å². The molecule has 0 fully saturated rings. The number of fused-ring (bicyclic) bond motifs is 1. The summed E-state index contributed by atoms with van der Waals surface area (Å²) in [5, 5.41) is 1.31. The molecule has 0 bridgehead atoms. The SMILES string of the molecule is C=CCCc1c[nH]c2ccc(Br)cc12. The van der Waals surface area contributed by atoms with E-state index >= 15 is 0 Å². The molecule has 0 aliphatic carbocycles. The van der Waals surface area contributed by atoms with Crippen LogP contribution in [0.15, 0.2) is 41.5 Å². The quantitative estimate of drug-likeness (QED) is 0.791. The van der Waals surface area contributed by atoms with E-state index in [1.807, 2.05) is 6.08 Å². The van der Waals surface area contributed by atoms with Crippen LogP contribution >= 0.6 is 15.9 Å². The van der Waals surface area contributed by atoms with Gasteiger partial charge in [-0.05, 0) is 36.6 Å². The van der Waals surface area contributed by atoms with Crippen molar-refractivity contribution >= 4 is 26.8 Å². The lowest BCUT2D eigenvalue weighted by atomic mass is 10.1. The topological polar surface area (TPSA) is 15.8 Å². The van der Waals surface area contributed by atoms with E-state index in [9.17, 15) is 0 Å². The average molecular weight is 250 g/mol. The zero-order valence-corrected chi connectivity index (χ0v) is 9.47. The van der Waals surface area contributed by atoms with Gasteiger partial charge in [-0.25, -0.2) is 0 Å². The van der Waals surface area contributed by atoms with Crippen LogP contribution in [0.4, 0.5) is 0 Å². The molecule has 1 heterocycles. The average Bonchev–Trinajstić information content (AvgIpc) is 2.57. The number of halogens is 1. The van der Waals surface area contributed by atoms with Gasteiger partial charge in [-0.2, -0.15) is 0 Å². The molecule has 0 amide bonds. The summed E-state index contributed by atoms with van der Waals surface area (Å²) in [6.07, 6.45) is 6.12. The van der Waals surface area contributed by atoms with Crippen molar-refractivity contribution in [2.75, 3.05) is 0 Å². The fraction of sp³-hybridized carbons (Fsp3) is 0.167. The molecule has 1 nitrogen and oxygen atoms in total. The van der Waals surface area contributed by atoms with Gasteiger partial charge in [0.25, 0.3) is 0 Å². The highest BCUT2D eigenvalue weighted by Crippen LogP contribution is 2.23. The first-order valence-corrected chi connectivity index (χ1v) is 5.47. The molecule has 0 unspecified atom stereocenters. The molecule has 72 valence electrons. The number of hydrogen-bond donors (Lipinski definition) is 1. The smallest absolute Gasteiger partial charge is 0.0457 e. The van der Waals surface area contributed by atoms with Gasteiger partial charge in [0.05, 0.1) is 0 Å². The van der Waals surface area contributed by atoms with Crippen molar-refractivity contribution < 1.29 is 0 Å². The van der Waals surface area contributed by atoms with Crippen LogP contribution in [0.5, 0.6) is 0 Å². The van der Waals surface area contributed by atoms with Crippen molar-refractivity contribution in [1.29, 1.82) is 0 Å². The lowest BCUT2D eigenvalue weighted by molar-refractivity contribution is 1.01. The van der Waals surface area contributed by atoms with Crippen molar-refractivity contribution in [3.05, 3.63) is 47.1 Å². The summed E-state index contributed by atoms with van der Waals surface area (Å²) in [4.78, 5) is 3.27. The number of benzene rings is 1. The minimum atomic E-state index is 1.03. The van der Waals surface area contributed by atoms with E-state index in [4.69, 9.17) is 0 Å². The predicted octanol–water partition coefficient (Wildman–Crippen LogP) is 4.05. The van der Waals surface area contributed by atoms with Crippen LogP contribution in [0.3, 0.4) is 0 Å². The molecule has 1 N–H and O–H groups in total. The summed E-state index contributed by atoms with van der Waals surface area (Å²) in [6, 6.07) is 6.30. The van der Waals surface area contributed by atoms with E-state index in [1.165, 1.54) is 16.5 Å². The Kier molecular flexibility index (Phi) is 2.73. The molecule has 0 saturated carbocycles. The molecule has 2 rings (SSSR count). The van der Waals surface area contributed by atoms with Crippen molar-refractivity contribution in [1.82, 2.24) is 4.98 Å². The van der Waals surface area contributed by atoms with E-state index in [0.717, 1.165) is 17.3 Å². The number of aryl methyl sites for hydroxylation is 1. The van der Waals surface area contributed by atoms with Crippen LogP contribution in [0.25, 0.3) is 10.9 Å². The highest BCUT2D eigenvalue weighted by atomic mass is 79.9. The largest absolute Gasteiger partial charge is 0.361 e. The molecule has 0 atom stereocenters. The van der Waals surface area contributed by atoms with Crippen molar-refractivity contribution in [2.45, 2.75) is 12.8 Å². The second-order valence-electron chi connectivity index (χ2n) is 3.33. The Morgan fingerprint density at radius 2 is 2.29 bits per heavy atom. The first kappa shape index (κ1) is 9.53. The minimum absolute atomic E-state index is 1.03. The van der Waals surface area contributed by atoms with Gasteiger partial charge in [-0.1, -0.05) is 22.0 Å². The first-order valence-electron chi connectivity index (χ1n) is 4.67. The van der Waals surface area contributed by atoms with Crippen LogP contribution in [-0.2, 0) is 6.42 Å². The van der Waals surface area contributed by atoms with Crippen molar-refractivity contribution in [3.8, 4) is 0 Å². The molecule has 2 heteroatoms. The third-order valence-corrected chi connectivity index (χ3v) is 2.84. The van der Waals surface area contributed by atoms with Crippen LogP contribution in [0.1, 0.15) is 12.0 Å². The first-order chi connectivity index (χ1) is 6.81. The second-order valence-corrected chi connectivity index (χ2v) is 4.25. The molecular formula is C12H12BrN. The van der Waals surface area contributed by atoms with Gasteiger partial charge >= 0.3 is 0 Å². The highest BCUT2D eigenvalue weighted by Gasteiger charge is 2.02. The monoisotopic (exact) mass is 249 g/mol. The number of rotatable bonds is 3. The van der Waals surface area contributed by atoms with Crippen molar-refractivity contribution in [2.24, 2.45) is 0 Å². The standard InChI is InChI=1S/C12H12BrN/c1-2-3-4-9-8-14-12-6-5-10(13)7-11(9)12/h2,5-8,14H,1,3-4H2. The van der Waals surface area contributed by atoms with Crippen LogP contribution in [0, 0.1) is 0 Å². The molecule has 2 aromatic rings. The van der Waals surface area contributed by atoms with Crippen LogP contribution < -0.4 is 0 Å². The van der Waals surface area contributed by atoms with Gasteiger partial charge in [-0.3, -0.25) is 0 Å². The molecule has 0 aliphatic rings. The summed E-state index contributed by atoms with van der Waals surface area (Å²) < 4.78 is 1.13. The normalized spacial score (nSPS) is 10.6. The molecule has 0 aliphatic heterocycles. The third-order valence-electron chi connectivity index (χ3n) is 2.35. The number of aromatic amines is 1. The summed E-state index contributed by atoms with van der Waals surface area (Å²) in [6.45, 7) is 3.74. The number of nitrogens with one attached hydrogen (secondary N) is 1. The Bertz CT molecular complexity index is 456. The lowest BCUT2D eigenvalue weighted by Gasteiger charge is -1.96. The predicted molar refractivity (Wildman–Crippen MR) is 64.5 cm³/mol. The van der Waals surface area contributed by atoms with E-state index in [0.29, 0.717) is 0 Å². The second kappa shape index (κ2) is 4.01. The molecule has 14 heavy (non-hydrogen) atoms. The zero-order chi connectivity index (χ0) is 9.97. The summed E-state index contributed by atoms with van der Waals surface area (Å²) in [5.74, 6) is 0. The van der Waals surface area contributed by atoms with Gasteiger partial charge in [-0.15, -0.1) is 6.58 Å². The molecule has 0 radical (unpaired) electrons. The maximum atomic E-state index is 3.74. The Labute approximate surface area is 92.0 Å². The molecule has 1 aromatic heterocycles. The third kappa shape index (κ3) is 1.75. The van der Waals surface area contributed by atoms with Gasteiger partial charge in [0.2, 0.25) is 0 Å². The van der Waals surface area contributed by atoms with Gasteiger partial charge in [0.15, 0.2) is 0 Å². The fourth-order valence-electron chi connectivity index (χ4n) is 1.62. The minimum Gasteiger partial charge on any atom is -0.361 e. The number of aromatic nitrogens is 1. The van der Waals surface area contributed by atoms with Gasteiger partial charge < -0.3 is 4.98 Å². The fourth-order valence-corrected chi connectivity index (χ4v) is 1.98. The van der Waals surface area contributed by atoms with Gasteiger partial charge in [0, 0.05) is 21.6 Å². The maximum absolute atomic E-state index is 3.74. The summed E-state index contributed by atoms with van der Waals surface area (Å²) in [5.41, 5.74) is 2.56. The summed E-state index contributed by atoms with van der Waals surface area (Å²) in [7, 11) is 0.